The lowest BCUT2D eigenvalue weighted by Gasteiger charge is -2.40. The molecule has 0 spiro atoms. The van der Waals surface area contributed by atoms with E-state index in [1.54, 1.807) is 0 Å². The van der Waals surface area contributed by atoms with Crippen LogP contribution in [0.5, 0.6) is 0 Å². The predicted octanol–water partition coefficient (Wildman–Crippen LogP) is -4.50. The maximum absolute atomic E-state index is 9.44. The van der Waals surface area contributed by atoms with Gasteiger partial charge >= 0.3 is 0 Å². The molecule has 8 nitrogen and oxygen atoms in total. The van der Waals surface area contributed by atoms with Crippen molar-refractivity contribution in [1.29, 1.82) is 0 Å². The molecule has 8 heteroatoms. The van der Waals surface area contributed by atoms with Gasteiger partial charge in [0.25, 0.3) is 0 Å². The standard InChI is InChI=1S/C8H16O8/c9-1-2(10)3(11)7-5(13)4(12)6(14)8(15)16-7/h2-15H,1H2/t2-,3-,4?,5-,6?,7?,8-/m1/s1. The minimum atomic E-state index is -1.79. The van der Waals surface area contributed by atoms with E-state index in [4.69, 9.17) is 20.4 Å². The Morgan fingerprint density at radius 3 is 2.00 bits per heavy atom. The van der Waals surface area contributed by atoms with E-state index in [1.807, 2.05) is 0 Å². The van der Waals surface area contributed by atoms with Crippen LogP contribution in [0.4, 0.5) is 0 Å². The van der Waals surface area contributed by atoms with Gasteiger partial charge in [-0.2, -0.15) is 0 Å². The largest absolute Gasteiger partial charge is 0.394 e. The molecule has 1 aliphatic rings. The normalized spacial score (nSPS) is 44.1. The van der Waals surface area contributed by atoms with Gasteiger partial charge in [-0.05, 0) is 0 Å². The Balaban J connectivity index is 2.73. The quantitative estimate of drug-likeness (QED) is 0.261. The Hall–Kier alpha value is -0.320. The number of hydrogen-bond donors (Lipinski definition) is 7. The highest BCUT2D eigenvalue weighted by Gasteiger charge is 2.47. The Labute approximate surface area is 91.0 Å². The number of hydrogen-bond acceptors (Lipinski definition) is 8. The maximum atomic E-state index is 9.44. The van der Waals surface area contributed by atoms with E-state index in [0.717, 1.165) is 0 Å². The second-order valence-electron chi connectivity index (χ2n) is 3.70. The second-order valence-corrected chi connectivity index (χ2v) is 3.70. The minimum absolute atomic E-state index is 0.775. The van der Waals surface area contributed by atoms with Gasteiger partial charge in [-0.15, -0.1) is 0 Å². The molecule has 0 aliphatic carbocycles. The van der Waals surface area contributed by atoms with Crippen LogP contribution in [0.15, 0.2) is 0 Å². The lowest BCUT2D eigenvalue weighted by Crippen LogP contribution is -2.62. The van der Waals surface area contributed by atoms with E-state index in [2.05, 4.69) is 4.74 Å². The van der Waals surface area contributed by atoms with Crippen LogP contribution in [0, 0.1) is 0 Å². The maximum Gasteiger partial charge on any atom is 0.184 e. The molecule has 0 aromatic carbocycles. The lowest BCUT2D eigenvalue weighted by molar-refractivity contribution is -0.303. The summed E-state index contributed by atoms with van der Waals surface area (Å²) in [6.45, 7) is -0.775. The van der Waals surface area contributed by atoms with Gasteiger partial charge in [-0.3, -0.25) is 0 Å². The van der Waals surface area contributed by atoms with Crippen LogP contribution in [0.1, 0.15) is 0 Å². The number of ether oxygens (including phenoxy) is 1. The third kappa shape index (κ3) is 2.50. The third-order valence-electron chi connectivity index (χ3n) is 2.54. The van der Waals surface area contributed by atoms with Crippen molar-refractivity contribution in [3.8, 4) is 0 Å². The molecule has 16 heavy (non-hydrogen) atoms. The van der Waals surface area contributed by atoms with Gasteiger partial charge in [-0.1, -0.05) is 0 Å². The van der Waals surface area contributed by atoms with Crippen LogP contribution >= 0.6 is 0 Å². The van der Waals surface area contributed by atoms with Gasteiger partial charge in [-0.25, -0.2) is 0 Å². The lowest BCUT2D eigenvalue weighted by atomic mass is 9.93. The fourth-order valence-corrected chi connectivity index (χ4v) is 1.50. The van der Waals surface area contributed by atoms with Crippen LogP contribution < -0.4 is 0 Å². The molecular weight excluding hydrogens is 224 g/mol. The predicted molar refractivity (Wildman–Crippen MR) is 48.0 cm³/mol. The van der Waals surface area contributed by atoms with Crippen molar-refractivity contribution in [2.45, 2.75) is 42.9 Å². The van der Waals surface area contributed by atoms with Gasteiger partial charge in [0.15, 0.2) is 6.29 Å². The first kappa shape index (κ1) is 13.7. The molecule has 0 bridgehead atoms. The molecule has 1 aliphatic heterocycles. The molecule has 3 unspecified atom stereocenters. The zero-order valence-electron chi connectivity index (χ0n) is 8.29. The highest BCUT2D eigenvalue weighted by molar-refractivity contribution is 4.93. The highest BCUT2D eigenvalue weighted by Crippen LogP contribution is 2.23. The monoisotopic (exact) mass is 240 g/mol. The molecule has 0 saturated carbocycles. The van der Waals surface area contributed by atoms with E-state index in [9.17, 15) is 15.3 Å². The number of rotatable bonds is 3. The Kier molecular flexibility index (Phi) is 4.59. The number of aliphatic hydroxyl groups excluding tert-OH is 7. The molecule has 7 atom stereocenters. The average molecular weight is 240 g/mol. The molecule has 0 aromatic heterocycles. The van der Waals surface area contributed by atoms with Crippen molar-refractivity contribution >= 4 is 0 Å². The van der Waals surface area contributed by atoms with Crippen molar-refractivity contribution < 1.29 is 40.5 Å². The van der Waals surface area contributed by atoms with Crippen molar-refractivity contribution in [3.63, 3.8) is 0 Å². The molecule has 0 aromatic rings. The summed E-state index contributed by atoms with van der Waals surface area (Å²) >= 11 is 0. The Morgan fingerprint density at radius 1 is 0.938 bits per heavy atom. The van der Waals surface area contributed by atoms with Gasteiger partial charge in [0, 0.05) is 0 Å². The van der Waals surface area contributed by atoms with Crippen LogP contribution in [0.25, 0.3) is 0 Å². The zero-order valence-corrected chi connectivity index (χ0v) is 8.29. The molecule has 7 N–H and O–H groups in total. The van der Waals surface area contributed by atoms with E-state index in [0.29, 0.717) is 0 Å². The Morgan fingerprint density at radius 2 is 1.50 bits per heavy atom. The number of aliphatic hydroxyl groups is 7. The summed E-state index contributed by atoms with van der Waals surface area (Å²) in [7, 11) is 0. The molecule has 1 heterocycles. The SMILES string of the molecule is OC[C@@H](O)[C@@H](O)C1O[C@@H](O)C(O)C(O)[C@H]1O. The van der Waals surface area contributed by atoms with Gasteiger partial charge in [0.2, 0.25) is 0 Å². The molecule has 96 valence electrons. The van der Waals surface area contributed by atoms with Gasteiger partial charge < -0.3 is 40.5 Å². The topological polar surface area (TPSA) is 151 Å². The summed E-state index contributed by atoms with van der Waals surface area (Å²) < 4.78 is 4.64. The first-order chi connectivity index (χ1) is 7.40. The fraction of sp³-hybridized carbons (Fsp3) is 1.00. The van der Waals surface area contributed by atoms with Crippen molar-refractivity contribution in [3.05, 3.63) is 0 Å². The second kappa shape index (κ2) is 5.34. The van der Waals surface area contributed by atoms with Crippen molar-refractivity contribution in [1.82, 2.24) is 0 Å². The average Bonchev–Trinajstić information content (AvgIpc) is 2.29. The van der Waals surface area contributed by atoms with E-state index < -0.39 is 49.5 Å². The van der Waals surface area contributed by atoms with Gasteiger partial charge in [0.05, 0.1) is 6.61 Å². The molecule has 1 saturated heterocycles. The fourth-order valence-electron chi connectivity index (χ4n) is 1.50. The molecule has 1 fully saturated rings. The van der Waals surface area contributed by atoms with E-state index in [-0.39, 0.29) is 0 Å². The summed E-state index contributed by atoms with van der Waals surface area (Å²) in [4.78, 5) is 0. The highest BCUT2D eigenvalue weighted by atomic mass is 16.6. The first-order valence-corrected chi connectivity index (χ1v) is 4.75. The van der Waals surface area contributed by atoms with Gasteiger partial charge in [0.1, 0.15) is 36.6 Å². The van der Waals surface area contributed by atoms with Crippen LogP contribution in [0.2, 0.25) is 0 Å². The van der Waals surface area contributed by atoms with E-state index >= 15 is 0 Å². The summed E-state index contributed by atoms with van der Waals surface area (Å²) in [5.41, 5.74) is 0. The minimum Gasteiger partial charge on any atom is -0.394 e. The molecule has 0 amide bonds. The van der Waals surface area contributed by atoms with Crippen LogP contribution in [-0.4, -0.2) is 85.3 Å². The Bertz CT molecular complexity index is 220. The van der Waals surface area contributed by atoms with Crippen molar-refractivity contribution in [2.24, 2.45) is 0 Å². The van der Waals surface area contributed by atoms with Crippen LogP contribution in [-0.2, 0) is 4.74 Å². The zero-order chi connectivity index (χ0) is 12.5. The molecule has 0 radical (unpaired) electrons. The summed E-state index contributed by atoms with van der Waals surface area (Å²) in [5, 5.41) is 64.1. The first-order valence-electron chi connectivity index (χ1n) is 4.75. The molecular formula is C8H16O8. The summed E-state index contributed by atoms with van der Waals surface area (Å²) in [6, 6.07) is 0. The molecule has 1 rings (SSSR count). The van der Waals surface area contributed by atoms with Crippen molar-refractivity contribution in [2.75, 3.05) is 6.61 Å². The third-order valence-corrected chi connectivity index (χ3v) is 2.54. The smallest absolute Gasteiger partial charge is 0.184 e. The summed E-state index contributed by atoms with van der Waals surface area (Å²) in [6.07, 6.45) is -11.7. The van der Waals surface area contributed by atoms with E-state index in [1.165, 1.54) is 0 Å². The van der Waals surface area contributed by atoms with Crippen LogP contribution in [0.3, 0.4) is 0 Å². The summed E-state index contributed by atoms with van der Waals surface area (Å²) in [5.74, 6) is 0.